The first-order valence-electron chi connectivity index (χ1n) is 9.33. The molecule has 2 aromatic carbocycles. The highest BCUT2D eigenvalue weighted by Gasteiger charge is 2.37. The van der Waals surface area contributed by atoms with E-state index in [1.165, 1.54) is 0 Å². The van der Waals surface area contributed by atoms with Gasteiger partial charge in [0.25, 0.3) is 5.91 Å². The number of carbonyl (C=O) groups excluding carboxylic acids is 1. The molecule has 1 aliphatic rings. The lowest BCUT2D eigenvalue weighted by atomic mass is 10.1. The number of sulfonamides is 1. The lowest BCUT2D eigenvalue weighted by Crippen LogP contribution is -2.43. The van der Waals surface area contributed by atoms with Crippen LogP contribution in [-0.2, 0) is 10.0 Å². The van der Waals surface area contributed by atoms with Crippen LogP contribution in [0.1, 0.15) is 39.9 Å². The van der Waals surface area contributed by atoms with Crippen molar-refractivity contribution in [3.63, 3.8) is 0 Å². The van der Waals surface area contributed by atoms with Crippen LogP contribution in [0.2, 0.25) is 5.02 Å². The minimum Gasteiger partial charge on any atom is -0.350 e. The van der Waals surface area contributed by atoms with Gasteiger partial charge in [-0.1, -0.05) is 29.3 Å². The zero-order valence-corrected chi connectivity index (χ0v) is 17.9. The van der Waals surface area contributed by atoms with Gasteiger partial charge in [-0.2, -0.15) is 4.31 Å². The van der Waals surface area contributed by atoms with Crippen LogP contribution in [0.15, 0.2) is 41.3 Å². The van der Waals surface area contributed by atoms with Gasteiger partial charge in [-0.3, -0.25) is 4.79 Å². The van der Waals surface area contributed by atoms with Gasteiger partial charge >= 0.3 is 0 Å². The van der Waals surface area contributed by atoms with Crippen molar-refractivity contribution in [1.29, 1.82) is 0 Å². The summed E-state index contributed by atoms with van der Waals surface area (Å²) in [5.74, 6) is -0.233. The van der Waals surface area contributed by atoms with Crippen LogP contribution in [0.3, 0.4) is 0 Å². The molecule has 7 heteroatoms. The monoisotopic (exact) mass is 420 g/mol. The topological polar surface area (TPSA) is 66.5 Å². The molecule has 0 saturated carbocycles. The van der Waals surface area contributed by atoms with Gasteiger partial charge < -0.3 is 5.32 Å². The standard InChI is InChI=1S/C21H25ClN2O3S/c1-14-11-15(2)20(16(3)12-14)28(26,27)24-10-4-5-19(24)13-23-21(25)17-6-8-18(22)9-7-17/h6-9,11-12,19H,4-5,10,13H2,1-3H3,(H,23,25). The second-order valence-electron chi connectivity index (χ2n) is 7.36. The number of aryl methyl sites for hydroxylation is 3. The normalized spacial score (nSPS) is 17.6. The predicted octanol–water partition coefficient (Wildman–Crippen LogP) is 3.85. The smallest absolute Gasteiger partial charge is 0.251 e. The minimum atomic E-state index is -3.62. The molecular formula is C21H25ClN2O3S. The van der Waals surface area contributed by atoms with E-state index in [2.05, 4.69) is 5.32 Å². The molecule has 0 bridgehead atoms. The summed E-state index contributed by atoms with van der Waals surface area (Å²) < 4.78 is 28.2. The van der Waals surface area contributed by atoms with Crippen molar-refractivity contribution in [2.75, 3.05) is 13.1 Å². The Balaban J connectivity index is 1.77. The minimum absolute atomic E-state index is 0.233. The molecule has 5 nitrogen and oxygen atoms in total. The van der Waals surface area contributed by atoms with Gasteiger partial charge in [0.15, 0.2) is 0 Å². The quantitative estimate of drug-likeness (QED) is 0.798. The van der Waals surface area contributed by atoms with E-state index in [0.717, 1.165) is 29.5 Å². The molecule has 1 amide bonds. The average molecular weight is 421 g/mol. The fourth-order valence-electron chi connectivity index (χ4n) is 3.93. The van der Waals surface area contributed by atoms with E-state index in [4.69, 9.17) is 11.6 Å². The fourth-order valence-corrected chi connectivity index (χ4v) is 6.17. The maximum atomic E-state index is 13.3. The largest absolute Gasteiger partial charge is 0.350 e. The molecule has 1 atom stereocenters. The maximum absolute atomic E-state index is 13.3. The summed E-state index contributed by atoms with van der Waals surface area (Å²) in [6, 6.07) is 10.2. The zero-order chi connectivity index (χ0) is 20.5. The number of hydrogen-bond acceptors (Lipinski definition) is 3. The van der Waals surface area contributed by atoms with E-state index in [0.29, 0.717) is 22.0 Å². The number of nitrogens with zero attached hydrogens (tertiary/aromatic N) is 1. The van der Waals surface area contributed by atoms with Gasteiger partial charge in [-0.25, -0.2) is 8.42 Å². The first-order chi connectivity index (χ1) is 13.2. The third kappa shape index (κ3) is 4.24. The van der Waals surface area contributed by atoms with Crippen LogP contribution in [0, 0.1) is 20.8 Å². The van der Waals surface area contributed by atoms with Crippen LogP contribution >= 0.6 is 11.6 Å². The number of carbonyl (C=O) groups is 1. The van der Waals surface area contributed by atoms with Gasteiger partial charge in [-0.15, -0.1) is 0 Å². The second kappa shape index (κ2) is 8.23. The van der Waals surface area contributed by atoms with E-state index < -0.39 is 10.0 Å². The Morgan fingerprint density at radius 2 is 1.75 bits per heavy atom. The lowest BCUT2D eigenvalue weighted by molar-refractivity contribution is 0.0946. The fraction of sp³-hybridized carbons (Fsp3) is 0.381. The number of amides is 1. The molecule has 0 radical (unpaired) electrons. The van der Waals surface area contributed by atoms with Gasteiger partial charge in [-0.05, 0) is 69.0 Å². The highest BCUT2D eigenvalue weighted by molar-refractivity contribution is 7.89. The number of nitrogens with one attached hydrogen (secondary N) is 1. The molecule has 1 saturated heterocycles. The summed E-state index contributed by atoms with van der Waals surface area (Å²) in [5.41, 5.74) is 3.06. The molecule has 1 heterocycles. The molecule has 0 aromatic heterocycles. The molecule has 1 aliphatic heterocycles. The Hall–Kier alpha value is -1.89. The van der Waals surface area contributed by atoms with Gasteiger partial charge in [0.1, 0.15) is 0 Å². The summed E-state index contributed by atoms with van der Waals surface area (Å²) in [6.07, 6.45) is 1.51. The molecule has 1 unspecified atom stereocenters. The molecule has 28 heavy (non-hydrogen) atoms. The van der Waals surface area contributed by atoms with Crippen molar-refractivity contribution >= 4 is 27.5 Å². The lowest BCUT2D eigenvalue weighted by Gasteiger charge is -2.26. The SMILES string of the molecule is Cc1cc(C)c(S(=O)(=O)N2CCCC2CNC(=O)c2ccc(Cl)cc2)c(C)c1. The Kier molecular flexibility index (Phi) is 6.12. The highest BCUT2D eigenvalue weighted by Crippen LogP contribution is 2.30. The molecule has 1 N–H and O–H groups in total. The molecule has 1 fully saturated rings. The number of benzene rings is 2. The van der Waals surface area contributed by atoms with Gasteiger partial charge in [0.05, 0.1) is 4.90 Å². The van der Waals surface area contributed by atoms with Crippen molar-refractivity contribution in [3.8, 4) is 0 Å². The van der Waals surface area contributed by atoms with Crippen molar-refractivity contribution < 1.29 is 13.2 Å². The highest BCUT2D eigenvalue weighted by atomic mass is 35.5. The van der Waals surface area contributed by atoms with E-state index in [9.17, 15) is 13.2 Å². The first kappa shape index (κ1) is 20.8. The molecule has 0 aliphatic carbocycles. The van der Waals surface area contributed by atoms with Crippen molar-refractivity contribution in [1.82, 2.24) is 9.62 Å². The third-order valence-electron chi connectivity index (χ3n) is 5.10. The van der Waals surface area contributed by atoms with Crippen LogP contribution in [0.25, 0.3) is 0 Å². The molecule has 0 spiro atoms. The average Bonchev–Trinajstić information content (AvgIpc) is 3.08. The first-order valence-corrected chi connectivity index (χ1v) is 11.2. The van der Waals surface area contributed by atoms with Crippen LogP contribution in [-0.4, -0.2) is 37.8 Å². The Labute approximate surface area is 171 Å². The maximum Gasteiger partial charge on any atom is 0.251 e. The summed E-state index contributed by atoms with van der Waals surface area (Å²) in [4.78, 5) is 12.7. The summed E-state index contributed by atoms with van der Waals surface area (Å²) in [6.45, 7) is 6.38. The summed E-state index contributed by atoms with van der Waals surface area (Å²) >= 11 is 5.85. The van der Waals surface area contributed by atoms with E-state index in [1.807, 2.05) is 32.9 Å². The predicted molar refractivity (Wildman–Crippen MR) is 111 cm³/mol. The van der Waals surface area contributed by atoms with Crippen LogP contribution < -0.4 is 5.32 Å². The van der Waals surface area contributed by atoms with Crippen molar-refractivity contribution in [3.05, 3.63) is 63.7 Å². The van der Waals surface area contributed by atoms with Crippen molar-refractivity contribution in [2.45, 2.75) is 44.6 Å². The Morgan fingerprint density at radius 3 is 2.36 bits per heavy atom. The number of hydrogen-bond donors (Lipinski definition) is 1. The van der Waals surface area contributed by atoms with E-state index in [-0.39, 0.29) is 18.5 Å². The third-order valence-corrected chi connectivity index (χ3v) is 7.61. The number of halogens is 1. The Bertz CT molecular complexity index is 964. The summed E-state index contributed by atoms with van der Waals surface area (Å²) in [7, 11) is -3.62. The van der Waals surface area contributed by atoms with Crippen LogP contribution in [0.4, 0.5) is 0 Å². The zero-order valence-electron chi connectivity index (χ0n) is 16.3. The molecular weight excluding hydrogens is 396 g/mol. The summed E-state index contributed by atoms with van der Waals surface area (Å²) in [5, 5.41) is 3.43. The number of rotatable bonds is 5. The van der Waals surface area contributed by atoms with Crippen molar-refractivity contribution in [2.24, 2.45) is 0 Å². The second-order valence-corrected chi connectivity index (χ2v) is 9.62. The van der Waals surface area contributed by atoms with Crippen LogP contribution in [0.5, 0.6) is 0 Å². The Morgan fingerprint density at radius 1 is 1.14 bits per heavy atom. The molecule has 150 valence electrons. The van der Waals surface area contributed by atoms with Gasteiger partial charge in [0.2, 0.25) is 10.0 Å². The van der Waals surface area contributed by atoms with E-state index >= 15 is 0 Å². The molecule has 2 aromatic rings. The van der Waals surface area contributed by atoms with E-state index in [1.54, 1.807) is 28.6 Å². The van der Waals surface area contributed by atoms with Gasteiger partial charge in [0, 0.05) is 29.7 Å². The molecule has 3 rings (SSSR count).